The Morgan fingerprint density at radius 2 is 1.86 bits per heavy atom. The molecule has 0 aliphatic carbocycles. The summed E-state index contributed by atoms with van der Waals surface area (Å²) in [6, 6.07) is 18.7. The molecule has 1 aromatic heterocycles. The van der Waals surface area contributed by atoms with Gasteiger partial charge in [0.2, 0.25) is 0 Å². The van der Waals surface area contributed by atoms with Crippen molar-refractivity contribution in [1.29, 1.82) is 0 Å². The minimum atomic E-state index is -0.409. The number of fused-ring (bicyclic) bond motifs is 3. The van der Waals surface area contributed by atoms with Gasteiger partial charge >= 0.3 is 5.97 Å². The van der Waals surface area contributed by atoms with Gasteiger partial charge in [-0.3, -0.25) is 9.59 Å². The van der Waals surface area contributed by atoms with Crippen LogP contribution >= 0.6 is 11.3 Å². The minimum Gasteiger partial charge on any atom is -0.497 e. The van der Waals surface area contributed by atoms with Crippen molar-refractivity contribution in [2.75, 3.05) is 14.2 Å². The summed E-state index contributed by atoms with van der Waals surface area (Å²) in [5.41, 5.74) is 1.24. The van der Waals surface area contributed by atoms with Crippen LogP contribution in [-0.4, -0.2) is 30.7 Å². The first-order valence-electron chi connectivity index (χ1n) is 8.91. The molecule has 29 heavy (non-hydrogen) atoms. The molecule has 0 fully saturated rings. The van der Waals surface area contributed by atoms with Gasteiger partial charge in [0.05, 0.1) is 24.4 Å². The number of carbonyl (C=O) groups excluding carboxylic acids is 2. The van der Waals surface area contributed by atoms with Crippen molar-refractivity contribution in [3.05, 3.63) is 71.0 Å². The monoisotopic (exact) mass is 406 g/mol. The maximum Gasteiger partial charge on any atom is 0.325 e. The molecule has 1 heterocycles. The zero-order chi connectivity index (χ0) is 20.4. The molecule has 0 atom stereocenters. The predicted octanol–water partition coefficient (Wildman–Crippen LogP) is 3.78. The maximum atomic E-state index is 12.8. The lowest BCUT2D eigenvalue weighted by molar-refractivity contribution is -0.141. The van der Waals surface area contributed by atoms with E-state index < -0.39 is 11.9 Å². The summed E-state index contributed by atoms with van der Waals surface area (Å²) in [6.07, 6.45) is 0. The van der Waals surface area contributed by atoms with Gasteiger partial charge in [0.15, 0.2) is 4.80 Å². The largest absolute Gasteiger partial charge is 0.497 e. The first-order chi connectivity index (χ1) is 14.1. The van der Waals surface area contributed by atoms with Crippen LogP contribution in [0.1, 0.15) is 10.4 Å². The third-order valence-corrected chi connectivity index (χ3v) is 5.73. The van der Waals surface area contributed by atoms with E-state index in [4.69, 9.17) is 9.47 Å². The molecule has 0 N–H and O–H groups in total. The highest BCUT2D eigenvalue weighted by Gasteiger charge is 2.14. The van der Waals surface area contributed by atoms with E-state index in [1.807, 2.05) is 36.4 Å². The van der Waals surface area contributed by atoms with Crippen LogP contribution in [-0.2, 0) is 16.1 Å². The number of thiazole rings is 1. The average molecular weight is 406 g/mol. The van der Waals surface area contributed by atoms with E-state index in [0.717, 1.165) is 21.0 Å². The van der Waals surface area contributed by atoms with Gasteiger partial charge in [0.1, 0.15) is 12.3 Å². The molecule has 0 spiro atoms. The highest BCUT2D eigenvalue weighted by atomic mass is 32.1. The first-order valence-corrected chi connectivity index (χ1v) is 9.73. The Morgan fingerprint density at radius 1 is 1.03 bits per heavy atom. The van der Waals surface area contributed by atoms with Gasteiger partial charge in [-0.2, -0.15) is 4.99 Å². The lowest BCUT2D eigenvalue weighted by Gasteiger charge is -2.05. The number of esters is 1. The Kier molecular flexibility index (Phi) is 5.14. The quantitative estimate of drug-likeness (QED) is 0.484. The Morgan fingerprint density at radius 3 is 2.66 bits per heavy atom. The summed E-state index contributed by atoms with van der Waals surface area (Å²) in [7, 11) is 2.88. The fourth-order valence-corrected chi connectivity index (χ4v) is 4.30. The van der Waals surface area contributed by atoms with Gasteiger partial charge in [-0.25, -0.2) is 0 Å². The first kappa shape index (κ1) is 18.9. The van der Waals surface area contributed by atoms with Crippen LogP contribution in [0.25, 0.3) is 21.0 Å². The molecule has 1 amide bonds. The molecule has 4 aromatic rings. The van der Waals surface area contributed by atoms with E-state index >= 15 is 0 Å². The third-order valence-electron chi connectivity index (χ3n) is 4.60. The average Bonchev–Trinajstić information content (AvgIpc) is 3.10. The Labute approximate surface area is 170 Å². The summed E-state index contributed by atoms with van der Waals surface area (Å²) in [5, 5.41) is 2.13. The normalized spacial score (nSPS) is 11.7. The third kappa shape index (κ3) is 3.64. The zero-order valence-electron chi connectivity index (χ0n) is 15.9. The van der Waals surface area contributed by atoms with Crippen molar-refractivity contribution in [3.63, 3.8) is 0 Å². The molecule has 0 saturated carbocycles. The van der Waals surface area contributed by atoms with E-state index in [-0.39, 0.29) is 6.54 Å². The maximum absolute atomic E-state index is 12.8. The van der Waals surface area contributed by atoms with Gasteiger partial charge in [0.25, 0.3) is 5.91 Å². The second-order valence-electron chi connectivity index (χ2n) is 6.33. The molecule has 0 aliphatic heterocycles. The summed E-state index contributed by atoms with van der Waals surface area (Å²) < 4.78 is 12.7. The molecule has 0 radical (unpaired) electrons. The van der Waals surface area contributed by atoms with Crippen molar-refractivity contribution < 1.29 is 19.1 Å². The topological polar surface area (TPSA) is 69.9 Å². The molecule has 0 bridgehead atoms. The van der Waals surface area contributed by atoms with Gasteiger partial charge in [-0.15, -0.1) is 0 Å². The number of hydrogen-bond acceptors (Lipinski definition) is 5. The summed E-state index contributed by atoms with van der Waals surface area (Å²) in [4.78, 5) is 29.5. The molecule has 0 saturated heterocycles. The van der Waals surface area contributed by atoms with Crippen LogP contribution in [0.4, 0.5) is 0 Å². The molecule has 3 aromatic carbocycles. The second kappa shape index (κ2) is 7.89. The standard InChI is InChI=1S/C22H18N2O4S/c1-27-16-8-5-7-15(12-16)21(26)23-22-24(13-19(25)28-2)18-11-10-14-6-3-4-9-17(14)20(18)29-22/h3-12H,13H2,1-2H3. The number of amides is 1. The SMILES string of the molecule is COC(=O)Cn1c(=NC(=O)c2cccc(OC)c2)sc2c3ccccc3ccc21. The number of ether oxygens (including phenoxy) is 2. The van der Waals surface area contributed by atoms with Gasteiger partial charge < -0.3 is 14.0 Å². The van der Waals surface area contributed by atoms with Crippen molar-refractivity contribution >= 4 is 44.2 Å². The molecule has 6 nitrogen and oxygen atoms in total. The molecule has 146 valence electrons. The van der Waals surface area contributed by atoms with Crippen LogP contribution in [0.3, 0.4) is 0 Å². The predicted molar refractivity (Wildman–Crippen MR) is 112 cm³/mol. The Balaban J connectivity index is 1.92. The number of hydrogen-bond donors (Lipinski definition) is 0. The number of nitrogens with zero attached hydrogens (tertiary/aromatic N) is 2. The fraction of sp³-hybridized carbons (Fsp3) is 0.136. The zero-order valence-corrected chi connectivity index (χ0v) is 16.7. The molecule has 0 unspecified atom stereocenters. The van der Waals surface area contributed by atoms with E-state index in [1.54, 1.807) is 35.9 Å². The van der Waals surface area contributed by atoms with Crippen molar-refractivity contribution in [3.8, 4) is 5.75 Å². The molecule has 7 heteroatoms. The summed E-state index contributed by atoms with van der Waals surface area (Å²) >= 11 is 1.38. The molecule has 0 aliphatic rings. The second-order valence-corrected chi connectivity index (χ2v) is 7.31. The number of aromatic nitrogens is 1. The fourth-order valence-electron chi connectivity index (χ4n) is 3.14. The summed E-state index contributed by atoms with van der Waals surface area (Å²) in [6.45, 7) is -0.0287. The van der Waals surface area contributed by atoms with E-state index in [0.29, 0.717) is 16.1 Å². The van der Waals surface area contributed by atoms with Gasteiger partial charge in [-0.05, 0) is 29.7 Å². The number of carbonyl (C=O) groups is 2. The van der Waals surface area contributed by atoms with Crippen LogP contribution in [0.2, 0.25) is 0 Å². The van der Waals surface area contributed by atoms with Crippen LogP contribution in [0, 0.1) is 0 Å². The Bertz CT molecular complexity index is 1300. The highest BCUT2D eigenvalue weighted by Crippen LogP contribution is 2.27. The number of benzene rings is 3. The van der Waals surface area contributed by atoms with Crippen molar-refractivity contribution in [2.45, 2.75) is 6.54 Å². The van der Waals surface area contributed by atoms with Crippen LogP contribution < -0.4 is 9.54 Å². The van der Waals surface area contributed by atoms with Crippen LogP contribution in [0.15, 0.2) is 65.7 Å². The smallest absolute Gasteiger partial charge is 0.325 e. The van der Waals surface area contributed by atoms with E-state index in [9.17, 15) is 9.59 Å². The molecular formula is C22H18N2O4S. The van der Waals surface area contributed by atoms with Gasteiger partial charge in [0, 0.05) is 10.9 Å². The molecule has 4 rings (SSSR count). The number of methoxy groups -OCH3 is 2. The van der Waals surface area contributed by atoms with Gasteiger partial charge in [-0.1, -0.05) is 47.7 Å². The summed E-state index contributed by atoms with van der Waals surface area (Å²) in [5.74, 6) is -0.234. The Hall–Kier alpha value is -3.45. The highest BCUT2D eigenvalue weighted by molar-refractivity contribution is 7.17. The lowest BCUT2D eigenvalue weighted by atomic mass is 10.1. The van der Waals surface area contributed by atoms with Crippen molar-refractivity contribution in [1.82, 2.24) is 4.57 Å². The van der Waals surface area contributed by atoms with E-state index in [2.05, 4.69) is 4.99 Å². The lowest BCUT2D eigenvalue weighted by Crippen LogP contribution is -2.22. The molecular weight excluding hydrogens is 388 g/mol. The number of rotatable bonds is 4. The van der Waals surface area contributed by atoms with E-state index in [1.165, 1.54) is 18.4 Å². The van der Waals surface area contributed by atoms with Crippen molar-refractivity contribution in [2.24, 2.45) is 4.99 Å². The van der Waals surface area contributed by atoms with Crippen LogP contribution in [0.5, 0.6) is 5.75 Å². The minimum absolute atomic E-state index is 0.0287.